The van der Waals surface area contributed by atoms with Gasteiger partial charge in [-0.1, -0.05) is 18.2 Å². The van der Waals surface area contributed by atoms with Crippen LogP contribution in [0.4, 0.5) is 0 Å². The molecule has 0 spiro atoms. The topological polar surface area (TPSA) is 78.9 Å². The Labute approximate surface area is 165 Å². The number of carbonyl (C=O) groups is 2. The van der Waals surface area contributed by atoms with Crippen molar-refractivity contribution in [3.05, 3.63) is 59.7 Å². The number of piperidine rings is 1. The van der Waals surface area contributed by atoms with Crippen molar-refractivity contribution in [1.29, 1.82) is 0 Å². The number of phenolic OH excluding ortho intramolecular Hbond substituents is 1. The maximum atomic E-state index is 12.6. The number of nitrogens with zero attached hydrogens (tertiary/aromatic N) is 1. The lowest BCUT2D eigenvalue weighted by atomic mass is 10.0. The van der Waals surface area contributed by atoms with Gasteiger partial charge in [0.15, 0.2) is 6.10 Å². The highest BCUT2D eigenvalue weighted by Crippen LogP contribution is 2.19. The summed E-state index contributed by atoms with van der Waals surface area (Å²) in [6.45, 7) is 4.81. The predicted molar refractivity (Wildman–Crippen MR) is 106 cm³/mol. The standard InChI is InChI=1S/C22H26N2O4/c1-15-5-3-4-6-20(15)21(26)23-17-11-13-24(14-12-17)22(27)16(2)28-19-9-7-18(25)8-10-19/h3-10,16-17,25H,11-14H2,1-2H3,(H,23,26). The first kappa shape index (κ1) is 19.7. The first-order chi connectivity index (χ1) is 13.4. The molecule has 0 bridgehead atoms. The van der Waals surface area contributed by atoms with Gasteiger partial charge in [0.1, 0.15) is 11.5 Å². The Balaban J connectivity index is 1.49. The maximum Gasteiger partial charge on any atom is 0.263 e. The summed E-state index contributed by atoms with van der Waals surface area (Å²) in [6.07, 6.45) is 0.826. The molecule has 1 saturated heterocycles. The van der Waals surface area contributed by atoms with Gasteiger partial charge in [0.25, 0.3) is 11.8 Å². The summed E-state index contributed by atoms with van der Waals surface area (Å²) in [4.78, 5) is 26.9. The molecule has 0 aromatic heterocycles. The second-order valence-corrected chi connectivity index (χ2v) is 7.14. The van der Waals surface area contributed by atoms with Crippen LogP contribution in [0, 0.1) is 6.92 Å². The second kappa shape index (κ2) is 8.78. The molecule has 6 nitrogen and oxygen atoms in total. The van der Waals surface area contributed by atoms with E-state index < -0.39 is 6.10 Å². The van der Waals surface area contributed by atoms with Gasteiger partial charge in [-0.2, -0.15) is 0 Å². The van der Waals surface area contributed by atoms with Crippen LogP contribution in [0.15, 0.2) is 48.5 Å². The lowest BCUT2D eigenvalue weighted by molar-refractivity contribution is -0.139. The van der Waals surface area contributed by atoms with Gasteiger partial charge < -0.3 is 20.1 Å². The highest BCUT2D eigenvalue weighted by atomic mass is 16.5. The van der Waals surface area contributed by atoms with Crippen LogP contribution < -0.4 is 10.1 Å². The summed E-state index contributed by atoms with van der Waals surface area (Å²) in [5.41, 5.74) is 1.64. The molecule has 148 valence electrons. The number of aromatic hydroxyl groups is 1. The number of rotatable bonds is 5. The minimum absolute atomic E-state index is 0.0597. The van der Waals surface area contributed by atoms with E-state index in [1.165, 1.54) is 12.1 Å². The number of likely N-dealkylation sites (tertiary alicyclic amines) is 1. The van der Waals surface area contributed by atoms with Crippen LogP contribution in [0.2, 0.25) is 0 Å². The largest absolute Gasteiger partial charge is 0.508 e. The second-order valence-electron chi connectivity index (χ2n) is 7.14. The quantitative estimate of drug-likeness (QED) is 0.833. The van der Waals surface area contributed by atoms with Gasteiger partial charge in [-0.15, -0.1) is 0 Å². The first-order valence-corrected chi connectivity index (χ1v) is 9.55. The van der Waals surface area contributed by atoms with Crippen molar-refractivity contribution in [2.75, 3.05) is 13.1 Å². The molecule has 6 heteroatoms. The van der Waals surface area contributed by atoms with Crippen LogP contribution in [-0.4, -0.2) is 47.1 Å². The number of benzene rings is 2. The molecule has 0 saturated carbocycles. The zero-order valence-corrected chi connectivity index (χ0v) is 16.2. The van der Waals surface area contributed by atoms with Crippen molar-refractivity contribution in [2.45, 2.75) is 38.8 Å². The van der Waals surface area contributed by atoms with E-state index in [1.807, 2.05) is 31.2 Å². The molecule has 28 heavy (non-hydrogen) atoms. The van der Waals surface area contributed by atoms with Crippen molar-refractivity contribution in [3.8, 4) is 11.5 Å². The molecule has 1 aliphatic rings. The molecule has 3 rings (SSSR count). The number of carbonyl (C=O) groups excluding carboxylic acids is 2. The Hall–Kier alpha value is -3.02. The number of phenols is 1. The maximum absolute atomic E-state index is 12.6. The van der Waals surface area contributed by atoms with Crippen LogP contribution in [-0.2, 0) is 4.79 Å². The van der Waals surface area contributed by atoms with E-state index in [0.717, 1.165) is 18.4 Å². The summed E-state index contributed by atoms with van der Waals surface area (Å²) in [5, 5.41) is 12.4. The summed E-state index contributed by atoms with van der Waals surface area (Å²) >= 11 is 0. The molecule has 1 unspecified atom stereocenters. The molecule has 2 aromatic rings. The van der Waals surface area contributed by atoms with Crippen molar-refractivity contribution in [1.82, 2.24) is 10.2 Å². The molecular weight excluding hydrogens is 356 g/mol. The molecule has 1 fully saturated rings. The Morgan fingerprint density at radius 1 is 1.11 bits per heavy atom. The van der Waals surface area contributed by atoms with E-state index in [9.17, 15) is 14.7 Å². The Kier molecular flexibility index (Phi) is 6.19. The minimum atomic E-state index is -0.609. The molecule has 2 aromatic carbocycles. The summed E-state index contributed by atoms with van der Waals surface area (Å²) < 4.78 is 5.67. The van der Waals surface area contributed by atoms with Crippen molar-refractivity contribution in [3.63, 3.8) is 0 Å². The van der Waals surface area contributed by atoms with E-state index in [-0.39, 0.29) is 23.6 Å². The number of nitrogens with one attached hydrogen (secondary N) is 1. The lowest BCUT2D eigenvalue weighted by Crippen LogP contribution is -2.49. The Morgan fingerprint density at radius 3 is 2.39 bits per heavy atom. The number of amides is 2. The van der Waals surface area contributed by atoms with Gasteiger partial charge in [0, 0.05) is 24.7 Å². The van der Waals surface area contributed by atoms with E-state index in [4.69, 9.17) is 4.74 Å². The molecule has 0 radical (unpaired) electrons. The zero-order valence-electron chi connectivity index (χ0n) is 16.2. The smallest absolute Gasteiger partial charge is 0.263 e. The Morgan fingerprint density at radius 2 is 1.75 bits per heavy atom. The van der Waals surface area contributed by atoms with Gasteiger partial charge >= 0.3 is 0 Å². The number of ether oxygens (including phenoxy) is 1. The van der Waals surface area contributed by atoms with Crippen LogP contribution in [0.25, 0.3) is 0 Å². The SMILES string of the molecule is Cc1ccccc1C(=O)NC1CCN(C(=O)C(C)Oc2ccc(O)cc2)CC1. The molecule has 0 aliphatic carbocycles. The van der Waals surface area contributed by atoms with Crippen molar-refractivity contribution >= 4 is 11.8 Å². The number of hydrogen-bond donors (Lipinski definition) is 2. The van der Waals surface area contributed by atoms with Crippen molar-refractivity contribution in [2.24, 2.45) is 0 Å². The average Bonchev–Trinajstić information content (AvgIpc) is 2.70. The molecule has 2 N–H and O–H groups in total. The fourth-order valence-electron chi connectivity index (χ4n) is 3.37. The molecule has 1 heterocycles. The van der Waals surface area contributed by atoms with Crippen LogP contribution >= 0.6 is 0 Å². The summed E-state index contributed by atoms with van der Waals surface area (Å²) in [7, 11) is 0. The van der Waals surface area contributed by atoms with Gasteiger partial charge in [-0.3, -0.25) is 9.59 Å². The van der Waals surface area contributed by atoms with Gasteiger partial charge in [0.05, 0.1) is 0 Å². The van der Waals surface area contributed by atoms with Gasteiger partial charge in [0.2, 0.25) is 0 Å². The first-order valence-electron chi connectivity index (χ1n) is 9.55. The fourth-order valence-corrected chi connectivity index (χ4v) is 3.37. The lowest BCUT2D eigenvalue weighted by Gasteiger charge is -2.34. The number of aryl methyl sites for hydroxylation is 1. The van der Waals surface area contributed by atoms with Gasteiger partial charge in [-0.05, 0) is 62.6 Å². The van der Waals surface area contributed by atoms with E-state index >= 15 is 0 Å². The average molecular weight is 382 g/mol. The molecule has 1 atom stereocenters. The van der Waals surface area contributed by atoms with Crippen LogP contribution in [0.3, 0.4) is 0 Å². The van der Waals surface area contributed by atoms with E-state index in [1.54, 1.807) is 24.0 Å². The third-order valence-corrected chi connectivity index (χ3v) is 5.03. The predicted octanol–water partition coefficient (Wildman–Crippen LogP) is 2.89. The minimum Gasteiger partial charge on any atom is -0.508 e. The molecule has 2 amide bonds. The summed E-state index contributed by atoms with van der Waals surface area (Å²) in [6, 6.07) is 13.9. The highest BCUT2D eigenvalue weighted by molar-refractivity contribution is 5.95. The number of hydrogen-bond acceptors (Lipinski definition) is 4. The van der Waals surface area contributed by atoms with E-state index in [2.05, 4.69) is 5.32 Å². The Bertz CT molecular complexity index is 827. The zero-order chi connectivity index (χ0) is 20.1. The van der Waals surface area contributed by atoms with Crippen LogP contribution in [0.1, 0.15) is 35.7 Å². The fraction of sp³-hybridized carbons (Fsp3) is 0.364. The third kappa shape index (κ3) is 4.82. The summed E-state index contributed by atoms with van der Waals surface area (Å²) in [5.74, 6) is 0.559. The molecular formula is C22H26N2O4. The van der Waals surface area contributed by atoms with Crippen molar-refractivity contribution < 1.29 is 19.4 Å². The highest BCUT2D eigenvalue weighted by Gasteiger charge is 2.28. The molecule has 1 aliphatic heterocycles. The third-order valence-electron chi connectivity index (χ3n) is 5.03. The normalized spacial score (nSPS) is 15.7. The van der Waals surface area contributed by atoms with E-state index in [0.29, 0.717) is 24.4 Å². The monoisotopic (exact) mass is 382 g/mol. The van der Waals surface area contributed by atoms with Crippen LogP contribution in [0.5, 0.6) is 11.5 Å². The van der Waals surface area contributed by atoms with Gasteiger partial charge in [-0.25, -0.2) is 0 Å².